The minimum Gasteiger partial charge on any atom is -0.508 e. The van der Waals surface area contributed by atoms with E-state index in [1.807, 2.05) is 24.3 Å². The van der Waals surface area contributed by atoms with Crippen LogP contribution in [-0.4, -0.2) is 18.8 Å². The summed E-state index contributed by atoms with van der Waals surface area (Å²) in [6, 6.07) is 15.4. The van der Waals surface area contributed by atoms with Crippen LogP contribution in [0.15, 0.2) is 48.5 Å². The minimum absolute atomic E-state index is 0.306. The van der Waals surface area contributed by atoms with Gasteiger partial charge in [-0.3, -0.25) is 0 Å². The number of hydrogen-bond acceptors (Lipinski definition) is 3. The van der Waals surface area contributed by atoms with E-state index < -0.39 is 0 Å². The Morgan fingerprint density at radius 3 is 2.58 bits per heavy atom. The largest absolute Gasteiger partial charge is 0.508 e. The Kier molecular flexibility index (Phi) is 4.81. The fourth-order valence-electron chi connectivity index (χ4n) is 1.91. The molecule has 3 nitrogen and oxygen atoms in total. The van der Waals surface area contributed by atoms with Gasteiger partial charge in [-0.25, -0.2) is 0 Å². The molecule has 100 valence electrons. The van der Waals surface area contributed by atoms with Crippen LogP contribution in [0.5, 0.6) is 11.5 Å². The van der Waals surface area contributed by atoms with Gasteiger partial charge in [0.1, 0.15) is 11.5 Å². The molecule has 0 saturated heterocycles. The van der Waals surface area contributed by atoms with E-state index in [1.165, 1.54) is 11.1 Å². The van der Waals surface area contributed by atoms with Crippen LogP contribution in [0.3, 0.4) is 0 Å². The topological polar surface area (TPSA) is 41.5 Å². The molecule has 0 aliphatic heterocycles. The first-order valence-electron chi connectivity index (χ1n) is 6.39. The standard InChI is InChI=1S/C16H19NO2/c1-19-16-4-2-3-13(11-16)9-10-17-12-14-5-7-15(18)8-6-14/h2-8,11,17-18H,9-10,12H2,1H3. The summed E-state index contributed by atoms with van der Waals surface area (Å²) in [4.78, 5) is 0. The third kappa shape index (κ3) is 4.30. The molecule has 0 aliphatic rings. The van der Waals surface area contributed by atoms with Crippen LogP contribution in [0.1, 0.15) is 11.1 Å². The maximum Gasteiger partial charge on any atom is 0.119 e. The molecule has 2 aromatic rings. The maximum atomic E-state index is 9.19. The molecule has 2 rings (SSSR count). The van der Waals surface area contributed by atoms with E-state index in [9.17, 15) is 5.11 Å². The van der Waals surface area contributed by atoms with Crippen LogP contribution in [0.4, 0.5) is 0 Å². The monoisotopic (exact) mass is 257 g/mol. The third-order valence-electron chi connectivity index (χ3n) is 2.99. The van der Waals surface area contributed by atoms with Crippen LogP contribution in [0.25, 0.3) is 0 Å². The van der Waals surface area contributed by atoms with Crippen molar-refractivity contribution >= 4 is 0 Å². The summed E-state index contributed by atoms with van der Waals surface area (Å²) in [6.45, 7) is 1.72. The SMILES string of the molecule is COc1cccc(CCNCc2ccc(O)cc2)c1. The number of rotatable bonds is 6. The zero-order valence-corrected chi connectivity index (χ0v) is 11.1. The fraction of sp³-hybridized carbons (Fsp3) is 0.250. The van der Waals surface area contributed by atoms with E-state index in [4.69, 9.17) is 4.74 Å². The van der Waals surface area contributed by atoms with Crippen molar-refractivity contribution in [2.45, 2.75) is 13.0 Å². The molecular weight excluding hydrogens is 238 g/mol. The number of nitrogens with one attached hydrogen (secondary N) is 1. The molecule has 19 heavy (non-hydrogen) atoms. The molecule has 0 bridgehead atoms. The smallest absolute Gasteiger partial charge is 0.119 e. The molecule has 2 aromatic carbocycles. The van der Waals surface area contributed by atoms with E-state index >= 15 is 0 Å². The molecule has 0 radical (unpaired) electrons. The average Bonchev–Trinajstić information content (AvgIpc) is 2.46. The highest BCUT2D eigenvalue weighted by Gasteiger charge is 1.97. The van der Waals surface area contributed by atoms with Gasteiger partial charge in [0.25, 0.3) is 0 Å². The summed E-state index contributed by atoms with van der Waals surface area (Å²) in [6.07, 6.45) is 0.968. The lowest BCUT2D eigenvalue weighted by Gasteiger charge is -2.06. The van der Waals surface area contributed by atoms with Gasteiger partial charge in [-0.05, 0) is 48.4 Å². The number of aromatic hydroxyl groups is 1. The van der Waals surface area contributed by atoms with Gasteiger partial charge < -0.3 is 15.2 Å². The van der Waals surface area contributed by atoms with Crippen LogP contribution in [0.2, 0.25) is 0 Å². The highest BCUT2D eigenvalue weighted by molar-refractivity contribution is 5.28. The first-order valence-corrected chi connectivity index (χ1v) is 6.39. The van der Waals surface area contributed by atoms with E-state index in [2.05, 4.69) is 17.4 Å². The van der Waals surface area contributed by atoms with Gasteiger partial charge in [0.05, 0.1) is 7.11 Å². The Morgan fingerprint density at radius 1 is 1.05 bits per heavy atom. The summed E-state index contributed by atoms with van der Waals surface area (Å²) < 4.78 is 5.20. The number of phenols is 1. The van der Waals surface area contributed by atoms with Crippen molar-refractivity contribution in [1.29, 1.82) is 0 Å². The van der Waals surface area contributed by atoms with E-state index in [-0.39, 0.29) is 0 Å². The number of phenolic OH excluding ortho intramolecular Hbond substituents is 1. The summed E-state index contributed by atoms with van der Waals surface area (Å²) in [5.74, 6) is 1.20. The lowest BCUT2D eigenvalue weighted by molar-refractivity contribution is 0.414. The molecular formula is C16H19NO2. The Hall–Kier alpha value is -2.00. The third-order valence-corrected chi connectivity index (χ3v) is 2.99. The summed E-state index contributed by atoms with van der Waals surface area (Å²) in [7, 11) is 1.68. The van der Waals surface area contributed by atoms with Crippen LogP contribution in [0, 0.1) is 0 Å². The molecule has 0 heterocycles. The highest BCUT2D eigenvalue weighted by atomic mass is 16.5. The predicted molar refractivity (Wildman–Crippen MR) is 76.5 cm³/mol. The second-order valence-corrected chi connectivity index (χ2v) is 4.44. The van der Waals surface area contributed by atoms with Crippen molar-refractivity contribution < 1.29 is 9.84 Å². The Labute approximate surface area is 113 Å². The van der Waals surface area contributed by atoms with E-state index in [1.54, 1.807) is 19.2 Å². The molecule has 2 N–H and O–H groups in total. The zero-order valence-electron chi connectivity index (χ0n) is 11.1. The molecule has 0 amide bonds. The lowest BCUT2D eigenvalue weighted by Crippen LogP contribution is -2.16. The molecule has 0 atom stereocenters. The van der Waals surface area contributed by atoms with Crippen molar-refractivity contribution in [2.75, 3.05) is 13.7 Å². The first kappa shape index (κ1) is 13.4. The zero-order chi connectivity index (χ0) is 13.5. The summed E-state index contributed by atoms with van der Waals surface area (Å²) in [5, 5.41) is 12.6. The van der Waals surface area contributed by atoms with Crippen molar-refractivity contribution in [3.63, 3.8) is 0 Å². The van der Waals surface area contributed by atoms with Gasteiger partial charge >= 0.3 is 0 Å². The lowest BCUT2D eigenvalue weighted by atomic mass is 10.1. The molecule has 0 aromatic heterocycles. The van der Waals surface area contributed by atoms with Gasteiger partial charge in [-0.1, -0.05) is 24.3 Å². The van der Waals surface area contributed by atoms with Crippen LogP contribution < -0.4 is 10.1 Å². The molecule has 3 heteroatoms. The second kappa shape index (κ2) is 6.81. The molecule has 0 unspecified atom stereocenters. The Morgan fingerprint density at radius 2 is 1.84 bits per heavy atom. The fourth-order valence-corrected chi connectivity index (χ4v) is 1.91. The predicted octanol–water partition coefficient (Wildman–Crippen LogP) is 2.73. The van der Waals surface area contributed by atoms with E-state index in [0.717, 1.165) is 25.3 Å². The van der Waals surface area contributed by atoms with Gasteiger partial charge in [0.15, 0.2) is 0 Å². The van der Waals surface area contributed by atoms with Crippen molar-refractivity contribution in [1.82, 2.24) is 5.32 Å². The number of methoxy groups -OCH3 is 1. The normalized spacial score (nSPS) is 10.4. The molecule has 0 aliphatic carbocycles. The quantitative estimate of drug-likeness (QED) is 0.782. The summed E-state index contributed by atoms with van der Waals surface area (Å²) >= 11 is 0. The second-order valence-electron chi connectivity index (χ2n) is 4.44. The van der Waals surface area contributed by atoms with E-state index in [0.29, 0.717) is 5.75 Å². The molecule has 0 saturated carbocycles. The minimum atomic E-state index is 0.306. The average molecular weight is 257 g/mol. The number of benzene rings is 2. The molecule has 0 spiro atoms. The first-order chi connectivity index (χ1) is 9.28. The summed E-state index contributed by atoms with van der Waals surface area (Å²) in [5.41, 5.74) is 2.43. The Balaban J connectivity index is 1.75. The maximum absolute atomic E-state index is 9.19. The van der Waals surface area contributed by atoms with Gasteiger partial charge in [0, 0.05) is 6.54 Å². The molecule has 0 fully saturated rings. The van der Waals surface area contributed by atoms with Crippen LogP contribution in [-0.2, 0) is 13.0 Å². The van der Waals surface area contributed by atoms with Gasteiger partial charge in [-0.2, -0.15) is 0 Å². The number of hydrogen-bond donors (Lipinski definition) is 2. The van der Waals surface area contributed by atoms with Gasteiger partial charge in [0.2, 0.25) is 0 Å². The van der Waals surface area contributed by atoms with Gasteiger partial charge in [-0.15, -0.1) is 0 Å². The van der Waals surface area contributed by atoms with Crippen LogP contribution >= 0.6 is 0 Å². The Bertz CT molecular complexity index is 508. The number of ether oxygens (including phenoxy) is 1. The van der Waals surface area contributed by atoms with Crippen molar-refractivity contribution in [2.24, 2.45) is 0 Å². The van der Waals surface area contributed by atoms with Crippen molar-refractivity contribution in [3.8, 4) is 11.5 Å². The highest BCUT2D eigenvalue weighted by Crippen LogP contribution is 2.13. The van der Waals surface area contributed by atoms with Crippen molar-refractivity contribution in [3.05, 3.63) is 59.7 Å².